The zero-order chi connectivity index (χ0) is 18.6. The Morgan fingerprint density at radius 1 is 1.12 bits per heavy atom. The Morgan fingerprint density at radius 3 is 2.17 bits per heavy atom. The first-order valence-electron chi connectivity index (χ1n) is 7.66. The summed E-state index contributed by atoms with van der Waals surface area (Å²) in [5.74, 6) is -0.798. The first kappa shape index (κ1) is 21.4. The van der Waals surface area contributed by atoms with Gasteiger partial charge in [0.15, 0.2) is 12.1 Å². The highest BCUT2D eigenvalue weighted by Gasteiger charge is 2.46. The van der Waals surface area contributed by atoms with Crippen LogP contribution in [-0.2, 0) is 14.3 Å². The average molecular weight is 354 g/mol. The Labute approximate surface area is 138 Å². The number of ketones is 1. The minimum Gasteiger partial charge on any atom is -0.394 e. The summed E-state index contributed by atoms with van der Waals surface area (Å²) in [4.78, 5) is 11.2. The van der Waals surface area contributed by atoms with Crippen molar-refractivity contribution in [1.29, 1.82) is 0 Å². The molecule has 9 unspecified atom stereocenters. The maximum Gasteiger partial charge on any atom is 0.187 e. The lowest BCUT2D eigenvalue weighted by atomic mass is 9.96. The van der Waals surface area contributed by atoms with Gasteiger partial charge in [-0.25, -0.2) is 0 Å². The molecule has 0 radical (unpaired) electrons. The molecule has 0 amide bonds. The highest BCUT2D eigenvalue weighted by molar-refractivity contribution is 5.80. The Morgan fingerprint density at radius 2 is 1.71 bits per heavy atom. The molecule has 1 aliphatic rings. The van der Waals surface area contributed by atoms with Gasteiger partial charge in [0.2, 0.25) is 0 Å². The zero-order valence-corrected chi connectivity index (χ0v) is 13.5. The van der Waals surface area contributed by atoms with Gasteiger partial charge in [-0.1, -0.05) is 6.92 Å². The molecule has 24 heavy (non-hydrogen) atoms. The van der Waals surface area contributed by atoms with Crippen molar-refractivity contribution >= 4 is 5.78 Å². The molecule has 1 aliphatic heterocycles. The summed E-state index contributed by atoms with van der Waals surface area (Å²) < 4.78 is 10.5. The van der Waals surface area contributed by atoms with Crippen LogP contribution in [0.2, 0.25) is 0 Å². The Balaban J connectivity index is 2.94. The van der Waals surface area contributed by atoms with Crippen LogP contribution in [0.25, 0.3) is 0 Å². The van der Waals surface area contributed by atoms with Gasteiger partial charge in [-0.3, -0.25) is 4.79 Å². The van der Waals surface area contributed by atoms with Crippen LogP contribution >= 0.6 is 0 Å². The first-order valence-corrected chi connectivity index (χ1v) is 7.66. The normalized spacial score (nSPS) is 36.0. The maximum atomic E-state index is 11.2. The number of aliphatic hydroxyl groups excluding tert-OH is 7. The lowest BCUT2D eigenvalue weighted by molar-refractivity contribution is -0.323. The smallest absolute Gasteiger partial charge is 0.187 e. The topological polar surface area (TPSA) is 177 Å². The van der Waals surface area contributed by atoms with Gasteiger partial charge in [-0.05, 0) is 13.3 Å². The van der Waals surface area contributed by atoms with Crippen LogP contribution in [0.3, 0.4) is 0 Å². The second-order valence-electron chi connectivity index (χ2n) is 5.82. The number of aliphatic hydroxyl groups is 7. The highest BCUT2D eigenvalue weighted by atomic mass is 16.7. The summed E-state index contributed by atoms with van der Waals surface area (Å²) in [7, 11) is 0. The summed E-state index contributed by atoms with van der Waals surface area (Å²) in [6.07, 6.45) is -14.0. The number of carbonyl (C=O) groups excluding carboxylic acids is 1. The predicted octanol–water partition coefficient (Wildman–Crippen LogP) is -3.75. The van der Waals surface area contributed by atoms with Crippen LogP contribution in [0.5, 0.6) is 0 Å². The van der Waals surface area contributed by atoms with E-state index in [2.05, 4.69) is 0 Å². The van der Waals surface area contributed by atoms with Gasteiger partial charge in [0.05, 0.1) is 12.7 Å². The molecule has 0 aliphatic carbocycles. The molecule has 10 nitrogen and oxygen atoms in total. The van der Waals surface area contributed by atoms with Crippen LogP contribution < -0.4 is 0 Å². The van der Waals surface area contributed by atoms with Gasteiger partial charge in [-0.15, -0.1) is 0 Å². The van der Waals surface area contributed by atoms with Crippen LogP contribution in [-0.4, -0.2) is 103 Å². The van der Waals surface area contributed by atoms with Crippen molar-refractivity contribution in [3.8, 4) is 0 Å². The number of hydrogen-bond acceptors (Lipinski definition) is 10. The van der Waals surface area contributed by atoms with Crippen molar-refractivity contribution < 1.29 is 50.0 Å². The second kappa shape index (κ2) is 9.13. The molecule has 7 N–H and O–H groups in total. The van der Waals surface area contributed by atoms with Crippen LogP contribution in [0.15, 0.2) is 0 Å². The molecule has 0 saturated carbocycles. The first-order chi connectivity index (χ1) is 11.1. The van der Waals surface area contributed by atoms with E-state index in [4.69, 9.17) is 14.6 Å². The summed E-state index contributed by atoms with van der Waals surface area (Å²) >= 11 is 0. The van der Waals surface area contributed by atoms with Crippen LogP contribution in [0.4, 0.5) is 0 Å². The fourth-order valence-corrected chi connectivity index (χ4v) is 2.44. The summed E-state index contributed by atoms with van der Waals surface area (Å²) in [5.41, 5.74) is 0. The molecule has 0 spiro atoms. The molecule has 142 valence electrons. The second-order valence-corrected chi connectivity index (χ2v) is 5.82. The molecule has 1 rings (SSSR count). The van der Waals surface area contributed by atoms with Gasteiger partial charge < -0.3 is 45.2 Å². The van der Waals surface area contributed by atoms with Crippen LogP contribution in [0, 0.1) is 0 Å². The SMILES string of the molecule is CCC1OC(OC(C(O)CO)C(O)C(O)C(C)=O)C(O)C(O)C1O. The number of rotatable bonds is 8. The zero-order valence-electron chi connectivity index (χ0n) is 13.5. The van der Waals surface area contributed by atoms with E-state index in [0.29, 0.717) is 0 Å². The fraction of sp³-hybridized carbons (Fsp3) is 0.929. The van der Waals surface area contributed by atoms with E-state index in [1.807, 2.05) is 0 Å². The summed E-state index contributed by atoms with van der Waals surface area (Å²) in [5, 5.41) is 68.0. The molecular formula is C14H26O10. The minimum absolute atomic E-state index is 0.274. The molecule has 0 bridgehead atoms. The molecule has 1 saturated heterocycles. The Kier molecular flexibility index (Phi) is 8.12. The van der Waals surface area contributed by atoms with Gasteiger partial charge in [0.25, 0.3) is 0 Å². The lowest BCUT2D eigenvalue weighted by Gasteiger charge is -2.42. The highest BCUT2D eigenvalue weighted by Crippen LogP contribution is 2.26. The van der Waals surface area contributed by atoms with E-state index in [1.165, 1.54) is 0 Å². The summed E-state index contributed by atoms with van der Waals surface area (Å²) in [6, 6.07) is 0. The van der Waals surface area contributed by atoms with Gasteiger partial charge in [-0.2, -0.15) is 0 Å². The molecule has 1 heterocycles. The van der Waals surface area contributed by atoms with Crippen LogP contribution in [0.1, 0.15) is 20.3 Å². The predicted molar refractivity (Wildman–Crippen MR) is 77.6 cm³/mol. The number of ether oxygens (including phenoxy) is 2. The average Bonchev–Trinajstić information content (AvgIpc) is 2.57. The van der Waals surface area contributed by atoms with Crippen molar-refractivity contribution in [2.75, 3.05) is 6.61 Å². The maximum absolute atomic E-state index is 11.2. The van der Waals surface area contributed by atoms with Crippen molar-refractivity contribution in [2.24, 2.45) is 0 Å². The quantitative estimate of drug-likeness (QED) is 0.229. The number of carbonyl (C=O) groups is 1. The monoisotopic (exact) mass is 354 g/mol. The molecular weight excluding hydrogens is 328 g/mol. The molecule has 0 aromatic heterocycles. The molecule has 0 aromatic carbocycles. The third-order valence-electron chi connectivity index (χ3n) is 4.01. The summed E-state index contributed by atoms with van der Waals surface area (Å²) in [6.45, 7) is 1.80. The van der Waals surface area contributed by atoms with E-state index in [9.17, 15) is 35.4 Å². The minimum atomic E-state index is -1.91. The van der Waals surface area contributed by atoms with E-state index < -0.39 is 67.5 Å². The van der Waals surface area contributed by atoms with Gasteiger partial charge in [0, 0.05) is 0 Å². The van der Waals surface area contributed by atoms with E-state index in [0.717, 1.165) is 6.92 Å². The van der Waals surface area contributed by atoms with E-state index in [1.54, 1.807) is 6.92 Å². The third-order valence-corrected chi connectivity index (χ3v) is 4.01. The Bertz CT molecular complexity index is 403. The molecule has 0 aromatic rings. The van der Waals surface area contributed by atoms with Gasteiger partial charge in [0.1, 0.15) is 42.7 Å². The number of hydrogen-bond donors (Lipinski definition) is 7. The van der Waals surface area contributed by atoms with Crippen molar-refractivity contribution in [3.63, 3.8) is 0 Å². The largest absolute Gasteiger partial charge is 0.394 e. The fourth-order valence-electron chi connectivity index (χ4n) is 2.44. The molecule has 9 atom stereocenters. The standard InChI is InChI=1S/C14H26O10/c1-3-7-9(19)10(20)12(22)14(23-7)24-13(6(17)4-15)11(21)8(18)5(2)16/h6-15,17-22H,3-4H2,1-2H3. The third kappa shape index (κ3) is 4.69. The van der Waals surface area contributed by atoms with Crippen molar-refractivity contribution in [3.05, 3.63) is 0 Å². The van der Waals surface area contributed by atoms with E-state index in [-0.39, 0.29) is 6.42 Å². The lowest BCUT2D eigenvalue weighted by Crippen LogP contribution is -2.61. The van der Waals surface area contributed by atoms with Crippen molar-refractivity contribution in [2.45, 2.75) is 75.4 Å². The van der Waals surface area contributed by atoms with Crippen molar-refractivity contribution in [1.82, 2.24) is 0 Å². The number of Topliss-reactive ketones (excluding diaryl/α,β-unsaturated/α-hetero) is 1. The molecule has 10 heteroatoms. The van der Waals surface area contributed by atoms with E-state index >= 15 is 0 Å². The van der Waals surface area contributed by atoms with Gasteiger partial charge >= 0.3 is 0 Å². The Hall–Kier alpha value is -0.690. The molecule has 1 fully saturated rings.